The third-order valence-corrected chi connectivity index (χ3v) is 2.65. The predicted molar refractivity (Wildman–Crippen MR) is 64.6 cm³/mol. The SMILES string of the molecule is CCc1cc(OC(F)(F)F)cc([C@H](F)CCCN)c1. The highest BCUT2D eigenvalue weighted by Crippen LogP contribution is 2.30. The van der Waals surface area contributed by atoms with Crippen molar-refractivity contribution in [3.63, 3.8) is 0 Å². The van der Waals surface area contributed by atoms with Crippen LogP contribution in [0.4, 0.5) is 17.6 Å². The fraction of sp³-hybridized carbons (Fsp3) is 0.538. The monoisotopic (exact) mass is 279 g/mol. The Morgan fingerprint density at radius 2 is 1.95 bits per heavy atom. The largest absolute Gasteiger partial charge is 0.573 e. The van der Waals surface area contributed by atoms with E-state index in [-0.39, 0.29) is 17.7 Å². The van der Waals surface area contributed by atoms with Gasteiger partial charge in [-0.15, -0.1) is 13.2 Å². The summed E-state index contributed by atoms with van der Waals surface area (Å²) in [6.07, 6.45) is -4.92. The molecule has 0 heterocycles. The normalized spacial score (nSPS) is 13.4. The van der Waals surface area contributed by atoms with Crippen molar-refractivity contribution in [2.45, 2.75) is 38.7 Å². The van der Waals surface area contributed by atoms with E-state index in [1.54, 1.807) is 13.0 Å². The van der Waals surface area contributed by atoms with Gasteiger partial charge in [-0.05, 0) is 49.1 Å². The maximum Gasteiger partial charge on any atom is 0.573 e. The van der Waals surface area contributed by atoms with Crippen molar-refractivity contribution in [1.29, 1.82) is 0 Å². The molecule has 6 heteroatoms. The number of aryl methyl sites for hydroxylation is 1. The van der Waals surface area contributed by atoms with Crippen LogP contribution in [0, 0.1) is 0 Å². The molecule has 2 nitrogen and oxygen atoms in total. The van der Waals surface area contributed by atoms with E-state index in [0.29, 0.717) is 24.9 Å². The number of alkyl halides is 4. The Labute approximate surface area is 109 Å². The number of halogens is 4. The number of nitrogens with two attached hydrogens (primary N) is 1. The predicted octanol–water partition coefficient (Wildman–Crippen LogP) is 3.90. The van der Waals surface area contributed by atoms with Gasteiger partial charge in [0, 0.05) is 0 Å². The fourth-order valence-corrected chi connectivity index (χ4v) is 1.73. The van der Waals surface area contributed by atoms with Crippen LogP contribution < -0.4 is 10.5 Å². The van der Waals surface area contributed by atoms with E-state index >= 15 is 0 Å². The molecule has 108 valence electrons. The van der Waals surface area contributed by atoms with Crippen molar-refractivity contribution in [2.24, 2.45) is 5.73 Å². The highest BCUT2D eigenvalue weighted by molar-refractivity contribution is 5.36. The maximum atomic E-state index is 13.9. The van der Waals surface area contributed by atoms with E-state index < -0.39 is 12.5 Å². The van der Waals surface area contributed by atoms with Crippen LogP contribution in [0.3, 0.4) is 0 Å². The summed E-state index contributed by atoms with van der Waals surface area (Å²) in [4.78, 5) is 0. The summed E-state index contributed by atoms with van der Waals surface area (Å²) in [5.41, 5.74) is 6.09. The van der Waals surface area contributed by atoms with Gasteiger partial charge in [0.15, 0.2) is 0 Å². The molecular weight excluding hydrogens is 262 g/mol. The molecule has 1 rings (SSSR count). The summed E-state index contributed by atoms with van der Waals surface area (Å²) in [5.74, 6) is -0.378. The lowest BCUT2D eigenvalue weighted by Crippen LogP contribution is -2.17. The smallest absolute Gasteiger partial charge is 0.406 e. The van der Waals surface area contributed by atoms with E-state index in [4.69, 9.17) is 5.73 Å². The molecule has 0 amide bonds. The molecule has 0 aromatic heterocycles. The molecule has 1 atom stereocenters. The Balaban J connectivity index is 2.94. The Bertz CT molecular complexity index is 406. The van der Waals surface area contributed by atoms with Gasteiger partial charge in [-0.1, -0.05) is 13.0 Å². The first-order valence-corrected chi connectivity index (χ1v) is 6.09. The zero-order chi connectivity index (χ0) is 14.5. The molecule has 0 aliphatic heterocycles. The van der Waals surface area contributed by atoms with E-state index in [0.717, 1.165) is 6.07 Å². The van der Waals surface area contributed by atoms with Crippen LogP contribution in [-0.4, -0.2) is 12.9 Å². The van der Waals surface area contributed by atoms with E-state index in [2.05, 4.69) is 4.74 Å². The standard InChI is InChI=1S/C13H17F4NO/c1-2-9-6-10(12(14)4-3-5-18)8-11(7-9)19-13(15,16)17/h6-8,12H,2-5,18H2,1H3/t12-/m1/s1. The average molecular weight is 279 g/mol. The molecule has 0 saturated heterocycles. The molecule has 0 bridgehead atoms. The molecule has 0 spiro atoms. The van der Waals surface area contributed by atoms with Gasteiger partial charge in [-0.3, -0.25) is 0 Å². The summed E-state index contributed by atoms with van der Waals surface area (Å²) in [5, 5.41) is 0. The molecule has 0 aliphatic rings. The Hall–Kier alpha value is -1.30. The summed E-state index contributed by atoms with van der Waals surface area (Å²) >= 11 is 0. The van der Waals surface area contributed by atoms with Crippen LogP contribution in [0.5, 0.6) is 5.75 Å². The van der Waals surface area contributed by atoms with Crippen LogP contribution in [0.1, 0.15) is 37.1 Å². The highest BCUT2D eigenvalue weighted by Gasteiger charge is 2.31. The molecule has 0 unspecified atom stereocenters. The number of hydrogen-bond donors (Lipinski definition) is 1. The molecule has 0 saturated carbocycles. The minimum absolute atomic E-state index is 0.190. The van der Waals surface area contributed by atoms with Gasteiger partial charge in [0.2, 0.25) is 0 Å². The third-order valence-electron chi connectivity index (χ3n) is 2.65. The molecule has 19 heavy (non-hydrogen) atoms. The number of ether oxygens (including phenoxy) is 1. The van der Waals surface area contributed by atoms with E-state index in [1.807, 2.05) is 0 Å². The van der Waals surface area contributed by atoms with Crippen LogP contribution >= 0.6 is 0 Å². The molecule has 0 radical (unpaired) electrons. The van der Waals surface area contributed by atoms with Crippen molar-refractivity contribution in [3.8, 4) is 5.75 Å². The Morgan fingerprint density at radius 3 is 2.47 bits per heavy atom. The van der Waals surface area contributed by atoms with Gasteiger partial charge >= 0.3 is 6.36 Å². The zero-order valence-corrected chi connectivity index (χ0v) is 10.6. The lowest BCUT2D eigenvalue weighted by Gasteiger charge is -2.14. The van der Waals surface area contributed by atoms with Crippen molar-refractivity contribution in [2.75, 3.05) is 6.54 Å². The van der Waals surface area contributed by atoms with Crippen molar-refractivity contribution < 1.29 is 22.3 Å². The average Bonchev–Trinajstić information content (AvgIpc) is 2.33. The Morgan fingerprint density at radius 1 is 1.26 bits per heavy atom. The van der Waals surface area contributed by atoms with Crippen LogP contribution in [0.15, 0.2) is 18.2 Å². The number of hydrogen-bond acceptors (Lipinski definition) is 2. The topological polar surface area (TPSA) is 35.2 Å². The van der Waals surface area contributed by atoms with Gasteiger partial charge in [-0.2, -0.15) is 0 Å². The van der Waals surface area contributed by atoms with Crippen molar-refractivity contribution in [3.05, 3.63) is 29.3 Å². The first kappa shape index (κ1) is 15.8. The van der Waals surface area contributed by atoms with E-state index in [1.165, 1.54) is 6.07 Å². The molecule has 0 fully saturated rings. The van der Waals surface area contributed by atoms with Crippen LogP contribution in [0.25, 0.3) is 0 Å². The van der Waals surface area contributed by atoms with Crippen molar-refractivity contribution >= 4 is 0 Å². The third kappa shape index (κ3) is 5.46. The zero-order valence-electron chi connectivity index (χ0n) is 10.6. The van der Waals surface area contributed by atoms with Gasteiger partial charge < -0.3 is 10.5 Å². The van der Waals surface area contributed by atoms with Crippen LogP contribution in [0.2, 0.25) is 0 Å². The second kappa shape index (κ2) is 6.75. The van der Waals surface area contributed by atoms with Gasteiger partial charge in [0.1, 0.15) is 11.9 Å². The minimum atomic E-state index is -4.77. The first-order chi connectivity index (χ1) is 8.85. The number of benzene rings is 1. The van der Waals surface area contributed by atoms with Crippen molar-refractivity contribution in [1.82, 2.24) is 0 Å². The molecule has 1 aromatic rings. The summed E-state index contributed by atoms with van der Waals surface area (Å²) in [6, 6.07) is 3.92. The molecule has 2 N–H and O–H groups in total. The summed E-state index contributed by atoms with van der Waals surface area (Å²) < 4.78 is 54.2. The van der Waals surface area contributed by atoms with Gasteiger partial charge in [0.25, 0.3) is 0 Å². The Kier molecular flexibility index (Phi) is 5.60. The highest BCUT2D eigenvalue weighted by atomic mass is 19.4. The number of rotatable bonds is 6. The lowest BCUT2D eigenvalue weighted by atomic mass is 10.0. The lowest BCUT2D eigenvalue weighted by molar-refractivity contribution is -0.274. The molecular formula is C13H17F4NO. The van der Waals surface area contributed by atoms with E-state index in [9.17, 15) is 17.6 Å². The second-order valence-electron chi connectivity index (χ2n) is 4.21. The minimum Gasteiger partial charge on any atom is -0.406 e. The summed E-state index contributed by atoms with van der Waals surface area (Å²) in [6.45, 7) is 2.13. The second-order valence-corrected chi connectivity index (χ2v) is 4.21. The maximum absolute atomic E-state index is 13.9. The van der Waals surface area contributed by atoms with Gasteiger partial charge in [-0.25, -0.2) is 4.39 Å². The first-order valence-electron chi connectivity index (χ1n) is 6.09. The molecule has 0 aliphatic carbocycles. The fourth-order valence-electron chi connectivity index (χ4n) is 1.73. The summed E-state index contributed by atoms with van der Waals surface area (Å²) in [7, 11) is 0. The quantitative estimate of drug-likeness (QED) is 0.802. The molecule has 1 aromatic carbocycles. The van der Waals surface area contributed by atoms with Crippen LogP contribution in [-0.2, 0) is 6.42 Å². The van der Waals surface area contributed by atoms with Gasteiger partial charge in [0.05, 0.1) is 0 Å².